The van der Waals surface area contributed by atoms with E-state index in [2.05, 4.69) is 130 Å². The summed E-state index contributed by atoms with van der Waals surface area (Å²) in [6.07, 6.45) is 5.60. The number of phenolic OH excluding ortho intramolecular Hbond substituents is 1. The second-order valence-corrected chi connectivity index (χ2v) is 17.8. The number of nitrogens with zero attached hydrogens (tertiary/aromatic N) is 4. The number of benzene rings is 3. The molecule has 0 amide bonds. The number of aliphatic imine (C=N–C) groups is 1. The SMILES string of the molecule is CC(C)c1cc(C(C)C)c(N2C(c3[c-]c(Oc4ccc5cc(C(C)(C)C)cc(O)c5n4)cnc3)=N[C@@H]3[C@@H]2c2ccccc2CCC3(C)C)c(C(C)C)c1.[Pt]. The molecule has 3 aromatic carbocycles. The van der Waals surface area contributed by atoms with Crippen LogP contribution in [-0.4, -0.2) is 27.0 Å². The maximum atomic E-state index is 11.0. The number of fused-ring (bicyclic) bond motifs is 4. The largest absolute Gasteiger partial charge is 0.506 e. The van der Waals surface area contributed by atoms with Crippen LogP contribution in [0.2, 0.25) is 0 Å². The molecule has 0 spiro atoms. The first-order chi connectivity index (χ1) is 25.0. The molecule has 7 heteroatoms. The molecule has 54 heavy (non-hydrogen) atoms. The van der Waals surface area contributed by atoms with E-state index in [1.54, 1.807) is 12.3 Å². The molecule has 1 aliphatic heterocycles. The molecule has 0 unspecified atom stereocenters. The van der Waals surface area contributed by atoms with Crippen LogP contribution >= 0.6 is 0 Å². The molecule has 1 N–H and O–H groups in total. The van der Waals surface area contributed by atoms with Crippen molar-refractivity contribution in [3.8, 4) is 17.4 Å². The summed E-state index contributed by atoms with van der Waals surface area (Å²) in [5.74, 6) is 2.81. The van der Waals surface area contributed by atoms with Gasteiger partial charge in [-0.15, -0.1) is 0 Å². The number of aromatic nitrogens is 2. The Morgan fingerprint density at radius 2 is 1.57 bits per heavy atom. The summed E-state index contributed by atoms with van der Waals surface area (Å²) in [5, 5.41) is 11.8. The predicted octanol–water partition coefficient (Wildman–Crippen LogP) is 11.9. The van der Waals surface area contributed by atoms with Gasteiger partial charge in [0.05, 0.1) is 23.7 Å². The van der Waals surface area contributed by atoms with Gasteiger partial charge in [0, 0.05) is 38.2 Å². The van der Waals surface area contributed by atoms with Crippen molar-refractivity contribution in [2.75, 3.05) is 4.90 Å². The molecule has 286 valence electrons. The standard InChI is InChI=1S/C47H55N4O2.Pt/c1-27(2)32-22-37(28(3)4)42(38(23-32)29(5)6)51-43-36-15-13-12-14-30(36)18-19-47(10,11)44(43)50-45(51)33-21-35(26-48-25-33)53-40-17-16-31-20-34(46(7,8)9)24-39(52)41(31)49-40;/h12-17,20,22-29,43-44,52H,18-19H2,1-11H3;/q-1;/t43-,44+;/m0./s1. The van der Waals surface area contributed by atoms with Gasteiger partial charge in [-0.3, -0.25) is 0 Å². The fourth-order valence-corrected chi connectivity index (χ4v) is 8.09. The quantitative estimate of drug-likeness (QED) is 0.165. The van der Waals surface area contributed by atoms with Crippen LogP contribution < -0.4 is 9.64 Å². The average Bonchev–Trinajstić information content (AvgIpc) is 3.47. The fourth-order valence-electron chi connectivity index (χ4n) is 8.09. The van der Waals surface area contributed by atoms with Gasteiger partial charge in [-0.25, -0.2) is 4.98 Å². The van der Waals surface area contributed by atoms with Crippen molar-refractivity contribution in [3.05, 3.63) is 118 Å². The molecular weight excluding hydrogens is 848 g/mol. The van der Waals surface area contributed by atoms with Gasteiger partial charge >= 0.3 is 0 Å². The van der Waals surface area contributed by atoms with Crippen molar-refractivity contribution >= 4 is 22.4 Å². The average molecular weight is 903 g/mol. The third-order valence-electron chi connectivity index (χ3n) is 11.3. The van der Waals surface area contributed by atoms with Gasteiger partial charge in [-0.1, -0.05) is 130 Å². The van der Waals surface area contributed by atoms with Gasteiger partial charge in [-0.05, 0) is 99.2 Å². The number of aryl methyl sites for hydroxylation is 1. The van der Waals surface area contributed by atoms with Crippen molar-refractivity contribution < 1.29 is 30.9 Å². The van der Waals surface area contributed by atoms with Gasteiger partial charge in [0.25, 0.3) is 0 Å². The molecule has 0 saturated carbocycles. The molecule has 7 rings (SSSR count). The Bertz CT molecular complexity index is 2190. The minimum absolute atomic E-state index is 0. The summed E-state index contributed by atoms with van der Waals surface area (Å²) in [5.41, 5.74) is 10.2. The van der Waals surface area contributed by atoms with Crippen LogP contribution in [0, 0.1) is 11.5 Å². The molecule has 2 aromatic heterocycles. The van der Waals surface area contributed by atoms with Crippen LogP contribution in [0.25, 0.3) is 10.9 Å². The summed E-state index contributed by atoms with van der Waals surface area (Å²) in [6, 6.07) is 25.1. The number of ether oxygens (including phenoxy) is 1. The molecule has 5 aromatic rings. The van der Waals surface area contributed by atoms with Crippen molar-refractivity contribution in [2.24, 2.45) is 10.4 Å². The predicted molar refractivity (Wildman–Crippen MR) is 218 cm³/mol. The molecule has 3 heterocycles. The molecular formula is C47H55N4O2Pt-. The van der Waals surface area contributed by atoms with Crippen LogP contribution in [0.1, 0.15) is 145 Å². The van der Waals surface area contributed by atoms with E-state index in [1.165, 1.54) is 33.5 Å². The number of hydrogen-bond donors (Lipinski definition) is 1. The van der Waals surface area contributed by atoms with Crippen molar-refractivity contribution in [1.29, 1.82) is 0 Å². The second kappa shape index (κ2) is 14.9. The normalized spacial score (nSPS) is 18.0. The number of aromatic hydroxyl groups is 1. The minimum Gasteiger partial charge on any atom is -0.506 e. The van der Waals surface area contributed by atoms with E-state index in [0.717, 1.165) is 35.2 Å². The zero-order chi connectivity index (χ0) is 38.0. The van der Waals surface area contributed by atoms with Crippen LogP contribution in [0.3, 0.4) is 0 Å². The zero-order valence-electron chi connectivity index (χ0n) is 33.7. The minimum atomic E-state index is -0.102. The summed E-state index contributed by atoms with van der Waals surface area (Å²) in [6.45, 7) is 25.0. The first-order valence-electron chi connectivity index (χ1n) is 19.4. The van der Waals surface area contributed by atoms with E-state index in [1.807, 2.05) is 18.3 Å². The first-order valence-corrected chi connectivity index (χ1v) is 19.4. The van der Waals surface area contributed by atoms with Crippen molar-refractivity contribution in [3.63, 3.8) is 0 Å². The van der Waals surface area contributed by atoms with Crippen molar-refractivity contribution in [2.45, 2.75) is 124 Å². The van der Waals surface area contributed by atoms with E-state index < -0.39 is 0 Å². The van der Waals surface area contributed by atoms with E-state index in [0.29, 0.717) is 34.9 Å². The zero-order valence-corrected chi connectivity index (χ0v) is 36.0. The van der Waals surface area contributed by atoms with Gasteiger partial charge in [0.2, 0.25) is 5.88 Å². The Morgan fingerprint density at radius 1 is 0.889 bits per heavy atom. The number of phenols is 1. The second-order valence-electron chi connectivity index (χ2n) is 17.8. The van der Waals surface area contributed by atoms with Crippen LogP contribution in [0.15, 0.2) is 78.0 Å². The van der Waals surface area contributed by atoms with Crippen LogP contribution in [0.5, 0.6) is 17.4 Å². The van der Waals surface area contributed by atoms with Gasteiger partial charge in [0.1, 0.15) is 11.3 Å². The molecule has 6 nitrogen and oxygen atoms in total. The number of amidine groups is 1. The molecule has 0 radical (unpaired) electrons. The molecule has 0 fully saturated rings. The van der Waals surface area contributed by atoms with Crippen LogP contribution in [-0.2, 0) is 32.9 Å². The van der Waals surface area contributed by atoms with Gasteiger partial charge in [-0.2, -0.15) is 0 Å². The van der Waals surface area contributed by atoms with Crippen LogP contribution in [0.4, 0.5) is 5.69 Å². The van der Waals surface area contributed by atoms with E-state index in [4.69, 9.17) is 19.7 Å². The van der Waals surface area contributed by atoms with Crippen molar-refractivity contribution in [1.82, 2.24) is 9.97 Å². The van der Waals surface area contributed by atoms with Gasteiger partial charge < -0.3 is 24.7 Å². The Kier molecular flexibility index (Phi) is 10.9. The van der Waals surface area contributed by atoms with E-state index in [9.17, 15) is 5.11 Å². The topological polar surface area (TPSA) is 70.8 Å². The summed E-state index contributed by atoms with van der Waals surface area (Å²) in [7, 11) is 0. The fraction of sp³-hybridized carbons (Fsp3) is 0.426. The number of rotatable bonds is 7. The molecule has 2 atom stereocenters. The number of hydrogen-bond acceptors (Lipinski definition) is 6. The Balaban J connectivity index is 0.00000497. The Labute approximate surface area is 336 Å². The third-order valence-corrected chi connectivity index (χ3v) is 11.3. The summed E-state index contributed by atoms with van der Waals surface area (Å²) >= 11 is 0. The summed E-state index contributed by atoms with van der Waals surface area (Å²) < 4.78 is 6.37. The summed E-state index contributed by atoms with van der Waals surface area (Å²) in [4.78, 5) is 17.7. The first kappa shape index (κ1) is 39.7. The van der Waals surface area contributed by atoms with E-state index >= 15 is 0 Å². The smallest absolute Gasteiger partial charge is 0.217 e. The van der Waals surface area contributed by atoms with Gasteiger partial charge in [0.15, 0.2) is 0 Å². The number of anilines is 1. The van der Waals surface area contributed by atoms with E-state index in [-0.39, 0.29) is 49.7 Å². The number of pyridine rings is 2. The third kappa shape index (κ3) is 7.36. The maximum Gasteiger partial charge on any atom is 0.217 e. The Hall–Kier alpha value is -4.02. The molecule has 2 aliphatic rings. The molecule has 0 saturated heterocycles. The maximum absolute atomic E-state index is 11.0. The Morgan fingerprint density at radius 3 is 2.22 bits per heavy atom. The monoisotopic (exact) mass is 902 g/mol. The molecule has 1 aliphatic carbocycles. The molecule has 0 bridgehead atoms.